The van der Waals surface area contributed by atoms with Crippen molar-refractivity contribution in [1.82, 2.24) is 0 Å². The predicted molar refractivity (Wildman–Crippen MR) is 93.2 cm³/mol. The monoisotopic (exact) mass is 316 g/mol. The molecule has 1 aliphatic heterocycles. The van der Waals surface area contributed by atoms with Crippen LogP contribution >= 0.6 is 0 Å². The third kappa shape index (κ3) is 6.19. The molecule has 1 saturated carbocycles. The molecule has 3 nitrogen and oxygen atoms in total. The van der Waals surface area contributed by atoms with Gasteiger partial charge in [0.15, 0.2) is 0 Å². The van der Waals surface area contributed by atoms with Crippen molar-refractivity contribution in [2.75, 3.05) is 0 Å². The molecule has 0 radical (unpaired) electrons. The molecule has 2 aliphatic rings. The third-order valence-corrected chi connectivity index (χ3v) is 4.44. The minimum absolute atomic E-state index is 0.256. The number of unbranched alkanes of at least 4 members (excludes halogenated alkanes) is 1. The Bertz CT molecular complexity index is 487. The summed E-state index contributed by atoms with van der Waals surface area (Å²) in [4.78, 5) is 10.4. The van der Waals surface area contributed by atoms with Gasteiger partial charge in [0, 0.05) is 12.3 Å². The number of hydrogen-bond acceptors (Lipinski definition) is 2. The number of epoxide rings is 1. The molecule has 1 N–H and O–H groups in total. The summed E-state index contributed by atoms with van der Waals surface area (Å²) in [5, 5.41) is 8.53. The van der Waals surface area contributed by atoms with Gasteiger partial charge in [0.25, 0.3) is 0 Å². The minimum Gasteiger partial charge on any atom is -0.481 e. The lowest BCUT2D eigenvalue weighted by Crippen LogP contribution is -2.10. The van der Waals surface area contributed by atoms with Crippen molar-refractivity contribution in [3.8, 4) is 0 Å². The van der Waals surface area contributed by atoms with Crippen molar-refractivity contribution < 1.29 is 14.6 Å². The van der Waals surface area contributed by atoms with Crippen LogP contribution in [-0.4, -0.2) is 23.3 Å². The normalized spacial score (nSPS) is 30.1. The fourth-order valence-electron chi connectivity index (χ4n) is 3.23. The van der Waals surface area contributed by atoms with Crippen molar-refractivity contribution in [2.45, 2.75) is 57.7 Å². The molecule has 4 atom stereocenters. The standard InChI is InChI=1S/C20H28O3/c1-2-12-16-15-18-20(23-18)17(16)13-10-8-6-4-3-5-7-9-11-14-19(21)22/h2,4-7,10,12-13,16-18,20H,3,8-9,11,14-15H2,1H3,(H,21,22)/b6-4-,7-5-,12-2+,13-10-/t16-,17+,18+,20-/m1/s1. The molecule has 2 fully saturated rings. The Morgan fingerprint density at radius 2 is 1.87 bits per heavy atom. The molecule has 0 aromatic heterocycles. The zero-order valence-corrected chi connectivity index (χ0v) is 13.9. The van der Waals surface area contributed by atoms with E-state index in [0.717, 1.165) is 25.7 Å². The van der Waals surface area contributed by atoms with Gasteiger partial charge < -0.3 is 9.84 Å². The lowest BCUT2D eigenvalue weighted by atomic mass is 9.94. The lowest BCUT2D eigenvalue weighted by Gasteiger charge is -2.14. The van der Waals surface area contributed by atoms with Gasteiger partial charge in [-0.05, 0) is 44.9 Å². The van der Waals surface area contributed by atoms with E-state index >= 15 is 0 Å². The highest BCUT2D eigenvalue weighted by molar-refractivity contribution is 5.66. The zero-order valence-electron chi connectivity index (χ0n) is 13.9. The Balaban J connectivity index is 1.57. The number of carboxylic acids is 1. The zero-order chi connectivity index (χ0) is 16.5. The molecule has 3 heteroatoms. The summed E-state index contributed by atoms with van der Waals surface area (Å²) in [6.45, 7) is 2.09. The number of rotatable bonds is 10. The first-order valence-corrected chi connectivity index (χ1v) is 8.69. The van der Waals surface area contributed by atoms with Gasteiger partial charge in [0.2, 0.25) is 0 Å². The maximum Gasteiger partial charge on any atom is 0.303 e. The fraction of sp³-hybridized carbons (Fsp3) is 0.550. The quantitative estimate of drug-likeness (QED) is 0.362. The molecule has 0 amide bonds. The van der Waals surface area contributed by atoms with E-state index in [1.165, 1.54) is 6.42 Å². The molecule has 1 saturated heterocycles. The number of fused-ring (bicyclic) bond motifs is 1. The third-order valence-electron chi connectivity index (χ3n) is 4.44. The average Bonchev–Trinajstić information content (AvgIpc) is 3.20. The van der Waals surface area contributed by atoms with E-state index < -0.39 is 5.97 Å². The van der Waals surface area contributed by atoms with Crippen molar-refractivity contribution in [3.63, 3.8) is 0 Å². The summed E-state index contributed by atoms with van der Waals surface area (Å²) in [6, 6.07) is 0. The summed E-state index contributed by atoms with van der Waals surface area (Å²) in [7, 11) is 0. The SMILES string of the molecule is C/C=C/[C@@H]1C[C@@H]2O[C@@H]2[C@H]1/C=C\C/C=C\C/C=C\CCCC(=O)O. The van der Waals surface area contributed by atoms with Gasteiger partial charge in [0.05, 0.1) is 12.2 Å². The molecule has 1 heterocycles. The van der Waals surface area contributed by atoms with Crippen molar-refractivity contribution >= 4 is 5.97 Å². The summed E-state index contributed by atoms with van der Waals surface area (Å²) >= 11 is 0. The molecule has 0 unspecified atom stereocenters. The van der Waals surface area contributed by atoms with Crippen LogP contribution in [-0.2, 0) is 9.53 Å². The lowest BCUT2D eigenvalue weighted by molar-refractivity contribution is -0.137. The van der Waals surface area contributed by atoms with Crippen LogP contribution < -0.4 is 0 Å². The molecule has 0 aromatic carbocycles. The highest BCUT2D eigenvalue weighted by Gasteiger charge is 2.53. The van der Waals surface area contributed by atoms with E-state index in [-0.39, 0.29) is 6.42 Å². The van der Waals surface area contributed by atoms with Gasteiger partial charge in [-0.15, -0.1) is 0 Å². The van der Waals surface area contributed by atoms with Gasteiger partial charge in [-0.1, -0.05) is 48.6 Å². The molecule has 0 spiro atoms. The maximum absolute atomic E-state index is 10.4. The van der Waals surface area contributed by atoms with Gasteiger partial charge in [-0.2, -0.15) is 0 Å². The highest BCUT2D eigenvalue weighted by Crippen LogP contribution is 2.48. The first-order chi connectivity index (χ1) is 11.2. The molecular formula is C20H28O3. The smallest absolute Gasteiger partial charge is 0.303 e. The van der Waals surface area contributed by atoms with Gasteiger partial charge in [-0.25, -0.2) is 0 Å². The van der Waals surface area contributed by atoms with E-state index in [9.17, 15) is 4.79 Å². The summed E-state index contributed by atoms with van der Waals surface area (Å²) in [5.74, 6) is 0.489. The van der Waals surface area contributed by atoms with Crippen LogP contribution in [0.3, 0.4) is 0 Å². The minimum atomic E-state index is -0.716. The van der Waals surface area contributed by atoms with Crippen LogP contribution in [0.1, 0.15) is 45.4 Å². The first-order valence-electron chi connectivity index (χ1n) is 8.69. The fourth-order valence-corrected chi connectivity index (χ4v) is 3.23. The van der Waals surface area contributed by atoms with E-state index in [1.54, 1.807) is 0 Å². The van der Waals surface area contributed by atoms with Crippen molar-refractivity contribution in [3.05, 3.63) is 48.6 Å². The number of carbonyl (C=O) groups is 1. The number of ether oxygens (including phenoxy) is 1. The number of aliphatic carboxylic acids is 1. The molecule has 2 rings (SSSR count). The van der Waals surface area contributed by atoms with Crippen molar-refractivity contribution in [1.29, 1.82) is 0 Å². The number of allylic oxidation sites excluding steroid dienone is 7. The molecule has 1 aliphatic carbocycles. The Kier molecular flexibility index (Phi) is 7.34. The highest BCUT2D eigenvalue weighted by atomic mass is 16.6. The molecular weight excluding hydrogens is 288 g/mol. The second-order valence-electron chi connectivity index (χ2n) is 6.27. The maximum atomic E-state index is 10.4. The van der Waals surface area contributed by atoms with Crippen LogP contribution in [0.25, 0.3) is 0 Å². The van der Waals surface area contributed by atoms with E-state index in [1.807, 2.05) is 0 Å². The van der Waals surface area contributed by atoms with Crippen LogP contribution in [0.15, 0.2) is 48.6 Å². The van der Waals surface area contributed by atoms with E-state index in [0.29, 0.717) is 24.0 Å². The summed E-state index contributed by atoms with van der Waals surface area (Å²) < 4.78 is 5.65. The average molecular weight is 316 g/mol. The first kappa shape index (κ1) is 17.7. The van der Waals surface area contributed by atoms with Crippen LogP contribution in [0.5, 0.6) is 0 Å². The van der Waals surface area contributed by atoms with Crippen LogP contribution in [0.4, 0.5) is 0 Å². The predicted octanol–water partition coefficient (Wildman–Crippen LogP) is 4.67. The summed E-state index contributed by atoms with van der Waals surface area (Å²) in [6.07, 6.45) is 23.4. The number of carboxylic acid groups (broad SMARTS) is 1. The van der Waals surface area contributed by atoms with Crippen molar-refractivity contribution in [2.24, 2.45) is 11.8 Å². The molecule has 0 bridgehead atoms. The Hall–Kier alpha value is -1.61. The Morgan fingerprint density at radius 3 is 2.61 bits per heavy atom. The Labute approximate surface area is 139 Å². The van der Waals surface area contributed by atoms with E-state index in [2.05, 4.69) is 55.5 Å². The number of hydrogen-bond donors (Lipinski definition) is 1. The van der Waals surface area contributed by atoms with Gasteiger partial charge >= 0.3 is 5.97 Å². The van der Waals surface area contributed by atoms with E-state index in [4.69, 9.17) is 9.84 Å². The summed E-state index contributed by atoms with van der Waals surface area (Å²) in [5.41, 5.74) is 0. The van der Waals surface area contributed by atoms with Gasteiger partial charge in [-0.3, -0.25) is 4.79 Å². The largest absolute Gasteiger partial charge is 0.481 e. The Morgan fingerprint density at radius 1 is 1.13 bits per heavy atom. The topological polar surface area (TPSA) is 49.8 Å². The van der Waals surface area contributed by atoms with Gasteiger partial charge in [0.1, 0.15) is 0 Å². The second-order valence-corrected chi connectivity index (χ2v) is 6.27. The van der Waals surface area contributed by atoms with Crippen LogP contribution in [0, 0.1) is 11.8 Å². The second kappa shape index (κ2) is 9.51. The molecule has 126 valence electrons. The van der Waals surface area contributed by atoms with Crippen LogP contribution in [0.2, 0.25) is 0 Å². The molecule has 23 heavy (non-hydrogen) atoms. The molecule has 0 aromatic rings.